The SMILES string of the molecule is N[14c]1[14c](Br)[14cH][14cH][14cH][14c]1Br. The van der Waals surface area contributed by atoms with Gasteiger partial charge in [0.2, 0.25) is 0 Å². The normalized spacial score (nSPS) is 9.56. The van der Waals surface area contributed by atoms with Crippen molar-refractivity contribution in [3.8, 4) is 0 Å². The zero-order valence-electron chi connectivity index (χ0n) is 4.57. The number of anilines is 1. The van der Waals surface area contributed by atoms with E-state index in [1.807, 2.05) is 18.2 Å². The summed E-state index contributed by atoms with van der Waals surface area (Å²) in [7, 11) is 0. The van der Waals surface area contributed by atoms with E-state index in [2.05, 4.69) is 31.9 Å². The van der Waals surface area contributed by atoms with Gasteiger partial charge in [0.05, 0.1) is 5.69 Å². The quantitative estimate of drug-likeness (QED) is 0.715. The van der Waals surface area contributed by atoms with Gasteiger partial charge in [-0.3, -0.25) is 0 Å². The van der Waals surface area contributed by atoms with Crippen molar-refractivity contribution >= 4 is 37.5 Å². The van der Waals surface area contributed by atoms with Crippen LogP contribution in [0.15, 0.2) is 27.1 Å². The van der Waals surface area contributed by atoms with Gasteiger partial charge >= 0.3 is 0 Å². The molecule has 0 unspecified atom stereocenters. The Bertz CT molecular complexity index is 202. The molecule has 0 atom stereocenters. The lowest BCUT2D eigenvalue weighted by Gasteiger charge is -1.97. The summed E-state index contributed by atoms with van der Waals surface area (Å²) in [5.41, 5.74) is 6.34. The van der Waals surface area contributed by atoms with Gasteiger partial charge in [0.1, 0.15) is 0 Å². The van der Waals surface area contributed by atoms with Gasteiger partial charge in [-0.1, -0.05) is 6.07 Å². The Balaban J connectivity index is 3.25. The van der Waals surface area contributed by atoms with Crippen LogP contribution in [-0.2, 0) is 0 Å². The Kier molecular flexibility index (Phi) is 2.13. The standard InChI is InChI=1S/C6H5Br2N/c7-4-2-1-3-5(8)6(4)9/h1-3H,9H2/i1+2,2+2,3+2,4+2,5+2,6+2. The topological polar surface area (TPSA) is 26.0 Å². The largest absolute Gasteiger partial charge is 0.397 e. The Morgan fingerprint density at radius 2 is 1.56 bits per heavy atom. The minimum Gasteiger partial charge on any atom is -0.397 e. The fourth-order valence-electron chi connectivity index (χ4n) is 0.511. The van der Waals surface area contributed by atoms with Crippen molar-refractivity contribution in [3.63, 3.8) is 0 Å². The van der Waals surface area contributed by atoms with E-state index in [1.54, 1.807) is 0 Å². The third-order valence-corrected chi connectivity index (χ3v) is 2.38. The molecule has 0 spiro atoms. The summed E-state index contributed by atoms with van der Waals surface area (Å²) in [6.45, 7) is 0. The monoisotopic (exact) mass is 261 g/mol. The highest BCUT2D eigenvalue weighted by molar-refractivity contribution is 9.11. The van der Waals surface area contributed by atoms with Crippen LogP contribution in [0, 0.1) is 0 Å². The Morgan fingerprint density at radius 1 is 1.11 bits per heavy atom. The second kappa shape index (κ2) is 2.71. The van der Waals surface area contributed by atoms with Crippen molar-refractivity contribution in [2.24, 2.45) is 0 Å². The average Bonchev–Trinajstić information content (AvgIpc) is 1.83. The zero-order valence-corrected chi connectivity index (χ0v) is 7.74. The molecule has 0 bridgehead atoms. The highest BCUT2D eigenvalue weighted by Gasteiger charge is 1.96. The summed E-state index contributed by atoms with van der Waals surface area (Å²) in [5.74, 6) is 0. The Hall–Kier alpha value is -0.0200. The maximum absolute atomic E-state index is 5.59. The second-order valence-corrected chi connectivity index (χ2v) is 3.34. The van der Waals surface area contributed by atoms with Crippen LogP contribution in [0.2, 0.25) is 0 Å². The number of nitrogen functional groups attached to an aromatic ring is 1. The van der Waals surface area contributed by atoms with E-state index in [-0.39, 0.29) is 0 Å². The van der Waals surface area contributed by atoms with E-state index < -0.39 is 0 Å². The van der Waals surface area contributed by atoms with E-state index in [0.29, 0.717) is 0 Å². The first-order valence-corrected chi connectivity index (χ1v) is 4.00. The molecule has 48 valence electrons. The second-order valence-electron chi connectivity index (χ2n) is 1.64. The molecule has 0 aliphatic rings. The van der Waals surface area contributed by atoms with Crippen LogP contribution < -0.4 is 5.73 Å². The van der Waals surface area contributed by atoms with Crippen LogP contribution in [0.25, 0.3) is 0 Å². The molecule has 0 saturated heterocycles. The van der Waals surface area contributed by atoms with E-state index in [9.17, 15) is 0 Å². The summed E-state index contributed by atoms with van der Waals surface area (Å²) in [5, 5.41) is 0. The van der Waals surface area contributed by atoms with Gasteiger partial charge in [0.25, 0.3) is 0 Å². The Morgan fingerprint density at radius 3 is 1.89 bits per heavy atom. The smallest absolute Gasteiger partial charge is 0.0602 e. The fourth-order valence-corrected chi connectivity index (χ4v) is 1.51. The molecule has 0 aliphatic carbocycles. The van der Waals surface area contributed by atoms with Crippen LogP contribution >= 0.6 is 31.9 Å². The minimum absolute atomic E-state index is 0.748. The highest BCUT2D eigenvalue weighted by atomic mass is 79.9. The van der Waals surface area contributed by atoms with Crippen LogP contribution in [-0.4, -0.2) is 0 Å². The molecule has 9 heavy (non-hydrogen) atoms. The maximum atomic E-state index is 5.59. The zero-order chi connectivity index (χ0) is 6.85. The van der Waals surface area contributed by atoms with Crippen LogP contribution in [0.5, 0.6) is 0 Å². The first-order valence-electron chi connectivity index (χ1n) is 2.41. The molecule has 0 heterocycles. The maximum Gasteiger partial charge on any atom is 0.0602 e. The number of rotatable bonds is 0. The number of hydrogen-bond donors (Lipinski definition) is 1. The molecule has 0 amide bonds. The summed E-state index contributed by atoms with van der Waals surface area (Å²) < 4.78 is 1.86. The first-order chi connectivity index (χ1) is 4.22. The third-order valence-electron chi connectivity index (χ3n) is 1.000. The van der Waals surface area contributed by atoms with Crippen LogP contribution in [0.3, 0.4) is 0 Å². The van der Waals surface area contributed by atoms with Gasteiger partial charge in [-0.05, 0) is 44.0 Å². The van der Waals surface area contributed by atoms with Crippen molar-refractivity contribution < 1.29 is 0 Å². The Labute approximate surface area is 70.5 Å². The van der Waals surface area contributed by atoms with Crippen molar-refractivity contribution in [2.45, 2.75) is 0 Å². The lowest BCUT2D eigenvalue weighted by atomic mass is 12.2. The van der Waals surface area contributed by atoms with Crippen molar-refractivity contribution in [2.75, 3.05) is 5.73 Å². The lowest BCUT2D eigenvalue weighted by Crippen LogP contribution is -1.86. The van der Waals surface area contributed by atoms with Crippen LogP contribution in [0.4, 0.5) is 5.69 Å². The van der Waals surface area contributed by atoms with Gasteiger partial charge in [-0.15, -0.1) is 0 Å². The van der Waals surface area contributed by atoms with E-state index in [4.69, 9.17) is 5.73 Å². The third kappa shape index (κ3) is 1.46. The van der Waals surface area contributed by atoms with Gasteiger partial charge in [-0.2, -0.15) is 0 Å². The number of nitrogens with two attached hydrogens (primary N) is 1. The summed E-state index contributed by atoms with van der Waals surface area (Å²) in [6, 6.07) is 5.73. The predicted molar refractivity (Wildman–Crippen MR) is 46.3 cm³/mol. The highest BCUT2D eigenvalue weighted by Crippen LogP contribution is 2.26. The number of halogens is 2. The number of benzene rings is 1. The molecule has 2 N–H and O–H groups in total. The summed E-state index contributed by atoms with van der Waals surface area (Å²) in [4.78, 5) is 0. The summed E-state index contributed by atoms with van der Waals surface area (Å²) in [6.07, 6.45) is 0. The van der Waals surface area contributed by atoms with Crippen molar-refractivity contribution in [1.82, 2.24) is 0 Å². The summed E-state index contributed by atoms with van der Waals surface area (Å²) >= 11 is 6.58. The number of para-hydroxylation sites is 1. The molecule has 3 heteroatoms. The average molecular weight is 263 g/mol. The van der Waals surface area contributed by atoms with Crippen molar-refractivity contribution in [1.29, 1.82) is 0 Å². The molecule has 1 aromatic carbocycles. The van der Waals surface area contributed by atoms with E-state index >= 15 is 0 Å². The lowest BCUT2D eigenvalue weighted by molar-refractivity contribution is 1.59. The molecule has 0 saturated carbocycles. The van der Waals surface area contributed by atoms with Gasteiger partial charge in [-0.25, -0.2) is 0 Å². The fraction of sp³-hybridized carbons (Fsp3) is 0. The number of hydrogen-bond acceptors (Lipinski definition) is 1. The molecule has 0 radical (unpaired) electrons. The molecule has 0 aliphatic heterocycles. The van der Waals surface area contributed by atoms with Gasteiger partial charge in [0, 0.05) is 8.95 Å². The van der Waals surface area contributed by atoms with Crippen molar-refractivity contribution in [3.05, 3.63) is 27.1 Å². The van der Waals surface area contributed by atoms with E-state index in [0.717, 1.165) is 14.6 Å². The molecule has 1 rings (SSSR count). The molecule has 1 aromatic rings. The molecule has 0 fully saturated rings. The molecular formula is C6H5Br2N. The first kappa shape index (κ1) is 7.09. The van der Waals surface area contributed by atoms with Gasteiger partial charge < -0.3 is 5.73 Å². The van der Waals surface area contributed by atoms with Gasteiger partial charge in [0.15, 0.2) is 0 Å². The van der Waals surface area contributed by atoms with E-state index in [1.165, 1.54) is 0 Å². The predicted octanol–water partition coefficient (Wildman–Crippen LogP) is 2.79. The molecule has 1 nitrogen and oxygen atoms in total. The molecule has 0 aromatic heterocycles. The minimum atomic E-state index is 0.748. The molecular weight excluding hydrogens is 258 g/mol. The van der Waals surface area contributed by atoms with Crippen LogP contribution in [0.1, 0.15) is 0 Å².